The second-order valence-corrected chi connectivity index (χ2v) is 6.96. The maximum Gasteiger partial charge on any atom is 0.224 e. The topological polar surface area (TPSA) is 54.7 Å². The monoisotopic (exact) mass is 344 g/mol. The van der Waals surface area contributed by atoms with Crippen LogP contribution in [0, 0.1) is 13.8 Å². The summed E-state index contributed by atoms with van der Waals surface area (Å²) < 4.78 is 11.0. The van der Waals surface area contributed by atoms with Crippen LogP contribution in [-0.4, -0.2) is 49.7 Å². The minimum Gasteiger partial charge on any atom is -0.464 e. The number of hydrogen-bond donors (Lipinski definition) is 1. The number of morpholine rings is 1. The van der Waals surface area contributed by atoms with Gasteiger partial charge in [0.1, 0.15) is 5.58 Å². The largest absolute Gasteiger partial charge is 0.464 e. The van der Waals surface area contributed by atoms with Crippen molar-refractivity contribution in [2.75, 3.05) is 32.8 Å². The van der Waals surface area contributed by atoms with Crippen molar-refractivity contribution in [3.63, 3.8) is 0 Å². The summed E-state index contributed by atoms with van der Waals surface area (Å²) >= 11 is 0. The van der Waals surface area contributed by atoms with Crippen molar-refractivity contribution in [2.24, 2.45) is 0 Å². The molecule has 5 heteroatoms. The summed E-state index contributed by atoms with van der Waals surface area (Å²) in [6, 6.07) is 4.33. The molecule has 0 radical (unpaired) electrons. The number of furan rings is 1. The van der Waals surface area contributed by atoms with E-state index in [1.54, 1.807) is 6.26 Å². The molecule has 1 fully saturated rings. The lowest BCUT2D eigenvalue weighted by molar-refractivity contribution is -0.121. The first-order chi connectivity index (χ1) is 12.1. The SMILES string of the molecule is CC[C@@H](CN1CCOCC1)NC(=O)Cc1coc2cc(C)c(C)cc12. The molecule has 25 heavy (non-hydrogen) atoms. The van der Waals surface area contributed by atoms with Gasteiger partial charge in [0.15, 0.2) is 0 Å². The van der Waals surface area contributed by atoms with Crippen LogP contribution in [0.4, 0.5) is 0 Å². The van der Waals surface area contributed by atoms with Crippen LogP contribution in [0.2, 0.25) is 0 Å². The third-order valence-electron chi connectivity index (χ3n) is 5.06. The molecule has 2 heterocycles. The Hall–Kier alpha value is -1.85. The van der Waals surface area contributed by atoms with Crippen molar-refractivity contribution in [3.05, 3.63) is 35.1 Å². The maximum atomic E-state index is 12.5. The number of fused-ring (bicyclic) bond motifs is 1. The van der Waals surface area contributed by atoms with Gasteiger partial charge in [-0.1, -0.05) is 6.92 Å². The Morgan fingerprint density at radius 2 is 1.96 bits per heavy atom. The molecule has 1 saturated heterocycles. The molecule has 0 unspecified atom stereocenters. The zero-order valence-electron chi connectivity index (χ0n) is 15.4. The average molecular weight is 344 g/mol. The van der Waals surface area contributed by atoms with Crippen molar-refractivity contribution in [2.45, 2.75) is 39.7 Å². The van der Waals surface area contributed by atoms with E-state index in [1.165, 1.54) is 11.1 Å². The van der Waals surface area contributed by atoms with Crippen LogP contribution in [0.3, 0.4) is 0 Å². The van der Waals surface area contributed by atoms with Crippen LogP contribution in [0.15, 0.2) is 22.8 Å². The molecule has 1 atom stereocenters. The van der Waals surface area contributed by atoms with Gasteiger partial charge in [-0.2, -0.15) is 0 Å². The smallest absolute Gasteiger partial charge is 0.224 e. The molecule has 0 saturated carbocycles. The molecule has 1 aromatic heterocycles. The van der Waals surface area contributed by atoms with Crippen molar-refractivity contribution < 1.29 is 13.9 Å². The molecular weight excluding hydrogens is 316 g/mol. The lowest BCUT2D eigenvalue weighted by atomic mass is 10.0. The zero-order valence-corrected chi connectivity index (χ0v) is 15.4. The quantitative estimate of drug-likeness (QED) is 0.875. The van der Waals surface area contributed by atoms with Gasteiger partial charge in [-0.25, -0.2) is 0 Å². The van der Waals surface area contributed by atoms with Gasteiger partial charge in [-0.05, 0) is 43.5 Å². The van der Waals surface area contributed by atoms with E-state index in [9.17, 15) is 4.79 Å². The molecule has 1 aliphatic rings. The Morgan fingerprint density at radius 3 is 2.68 bits per heavy atom. The van der Waals surface area contributed by atoms with E-state index in [0.717, 1.165) is 55.8 Å². The Morgan fingerprint density at radius 1 is 1.24 bits per heavy atom. The number of amides is 1. The number of nitrogens with one attached hydrogen (secondary N) is 1. The summed E-state index contributed by atoms with van der Waals surface area (Å²) in [4.78, 5) is 14.9. The van der Waals surface area contributed by atoms with Gasteiger partial charge in [-0.15, -0.1) is 0 Å². The van der Waals surface area contributed by atoms with Crippen LogP contribution in [0.25, 0.3) is 11.0 Å². The number of aryl methyl sites for hydroxylation is 2. The van der Waals surface area contributed by atoms with Crippen LogP contribution in [0.1, 0.15) is 30.0 Å². The van der Waals surface area contributed by atoms with Gasteiger partial charge >= 0.3 is 0 Å². The number of rotatable bonds is 6. The molecule has 0 aliphatic carbocycles. The minimum absolute atomic E-state index is 0.0565. The first-order valence-electron chi connectivity index (χ1n) is 9.13. The first kappa shape index (κ1) is 18.0. The summed E-state index contributed by atoms with van der Waals surface area (Å²) in [5, 5.41) is 4.22. The second kappa shape index (κ2) is 8.02. The van der Waals surface area contributed by atoms with E-state index >= 15 is 0 Å². The number of hydrogen-bond acceptors (Lipinski definition) is 4. The fourth-order valence-corrected chi connectivity index (χ4v) is 3.30. The van der Waals surface area contributed by atoms with Crippen LogP contribution >= 0.6 is 0 Å². The van der Waals surface area contributed by atoms with Crippen LogP contribution in [0.5, 0.6) is 0 Å². The van der Waals surface area contributed by atoms with Gasteiger partial charge in [0, 0.05) is 36.6 Å². The number of nitrogens with zero attached hydrogens (tertiary/aromatic N) is 1. The Kier molecular flexibility index (Phi) is 5.76. The van der Waals surface area contributed by atoms with Gasteiger partial charge in [0.05, 0.1) is 25.9 Å². The highest BCUT2D eigenvalue weighted by Gasteiger charge is 2.18. The fourth-order valence-electron chi connectivity index (χ4n) is 3.30. The van der Waals surface area contributed by atoms with Crippen molar-refractivity contribution in [1.82, 2.24) is 10.2 Å². The Balaban J connectivity index is 1.62. The van der Waals surface area contributed by atoms with E-state index in [-0.39, 0.29) is 11.9 Å². The molecule has 136 valence electrons. The highest BCUT2D eigenvalue weighted by molar-refractivity contribution is 5.88. The van der Waals surface area contributed by atoms with Crippen molar-refractivity contribution in [1.29, 1.82) is 0 Å². The summed E-state index contributed by atoms with van der Waals surface area (Å²) in [5.74, 6) is 0.0565. The summed E-state index contributed by atoms with van der Waals surface area (Å²) in [6.07, 6.45) is 2.99. The molecule has 0 spiro atoms. The van der Waals surface area contributed by atoms with E-state index in [0.29, 0.717) is 6.42 Å². The molecule has 5 nitrogen and oxygen atoms in total. The molecule has 2 aromatic rings. The predicted molar refractivity (Wildman–Crippen MR) is 98.9 cm³/mol. The van der Waals surface area contributed by atoms with E-state index in [4.69, 9.17) is 9.15 Å². The van der Waals surface area contributed by atoms with Crippen molar-refractivity contribution in [3.8, 4) is 0 Å². The Labute approximate surface area is 149 Å². The van der Waals surface area contributed by atoms with E-state index in [2.05, 4.69) is 37.1 Å². The molecular formula is C20H28N2O3. The second-order valence-electron chi connectivity index (χ2n) is 6.96. The summed E-state index contributed by atoms with van der Waals surface area (Å²) in [6.45, 7) is 10.6. The number of carbonyl (C=O) groups is 1. The lowest BCUT2D eigenvalue weighted by Crippen LogP contribution is -2.47. The first-order valence-corrected chi connectivity index (χ1v) is 9.13. The molecule has 1 N–H and O–H groups in total. The van der Waals surface area contributed by atoms with Gasteiger partial charge < -0.3 is 14.5 Å². The normalized spacial score (nSPS) is 16.9. The maximum absolute atomic E-state index is 12.5. The average Bonchev–Trinajstić information content (AvgIpc) is 2.97. The minimum atomic E-state index is 0.0565. The fraction of sp³-hybridized carbons (Fsp3) is 0.550. The lowest BCUT2D eigenvalue weighted by Gasteiger charge is -2.30. The summed E-state index contributed by atoms with van der Waals surface area (Å²) in [5.41, 5.74) is 4.23. The third kappa shape index (κ3) is 4.41. The number of carbonyl (C=O) groups excluding carboxylic acids is 1. The molecule has 3 rings (SSSR count). The van der Waals surface area contributed by atoms with Gasteiger partial charge in [0.2, 0.25) is 5.91 Å². The molecule has 1 aliphatic heterocycles. The zero-order chi connectivity index (χ0) is 17.8. The van der Waals surface area contributed by atoms with Crippen LogP contribution in [-0.2, 0) is 16.0 Å². The molecule has 0 bridgehead atoms. The van der Waals surface area contributed by atoms with Crippen molar-refractivity contribution >= 4 is 16.9 Å². The molecule has 1 amide bonds. The highest BCUT2D eigenvalue weighted by Crippen LogP contribution is 2.25. The van der Waals surface area contributed by atoms with Gasteiger partial charge in [0.25, 0.3) is 0 Å². The third-order valence-corrected chi connectivity index (χ3v) is 5.06. The van der Waals surface area contributed by atoms with E-state index in [1.807, 2.05) is 6.07 Å². The Bertz CT molecular complexity index is 732. The van der Waals surface area contributed by atoms with Gasteiger partial charge in [-0.3, -0.25) is 9.69 Å². The highest BCUT2D eigenvalue weighted by atomic mass is 16.5. The standard InChI is InChI=1S/C20H28N2O3/c1-4-17(12-22-5-7-24-8-6-22)21-20(23)11-16-13-25-19-10-15(3)14(2)9-18(16)19/h9-10,13,17H,4-8,11-12H2,1-3H3,(H,21,23)/t17-/m0/s1. The number of benzene rings is 1. The van der Waals surface area contributed by atoms with Crippen LogP contribution < -0.4 is 5.32 Å². The number of ether oxygens (including phenoxy) is 1. The van der Waals surface area contributed by atoms with E-state index < -0.39 is 0 Å². The molecule has 1 aromatic carbocycles. The predicted octanol–water partition coefficient (Wildman–Crippen LogP) is 2.82. The summed E-state index contributed by atoms with van der Waals surface area (Å²) in [7, 11) is 0.